The van der Waals surface area contributed by atoms with Gasteiger partial charge in [-0.15, -0.1) is 0 Å². The molecule has 0 atom stereocenters. The lowest BCUT2D eigenvalue weighted by Gasteiger charge is -2.17. The van der Waals surface area contributed by atoms with Gasteiger partial charge in [-0.2, -0.15) is 5.10 Å². The molecule has 2 heterocycles. The third-order valence-electron chi connectivity index (χ3n) is 4.34. The van der Waals surface area contributed by atoms with E-state index < -0.39 is 5.82 Å². The summed E-state index contributed by atoms with van der Waals surface area (Å²) in [4.78, 5) is 17.3. The van der Waals surface area contributed by atoms with Crippen molar-refractivity contribution in [3.63, 3.8) is 0 Å². The molecular weight excluding hydrogens is 381 g/mol. The highest BCUT2D eigenvalue weighted by Gasteiger charge is 2.15. The second-order valence-corrected chi connectivity index (χ2v) is 7.72. The molecule has 0 fully saturated rings. The van der Waals surface area contributed by atoms with E-state index in [4.69, 9.17) is 11.6 Å². The van der Waals surface area contributed by atoms with Gasteiger partial charge in [0, 0.05) is 16.7 Å². The first kappa shape index (κ1) is 21.0. The second kappa shape index (κ2) is 8.77. The van der Waals surface area contributed by atoms with E-state index in [2.05, 4.69) is 45.8 Å². The monoisotopic (exact) mass is 405 g/mol. The number of halogens is 1. The van der Waals surface area contributed by atoms with E-state index in [0.29, 0.717) is 29.2 Å². The normalized spacial score (nSPS) is 12.5. The van der Waals surface area contributed by atoms with Crippen molar-refractivity contribution < 1.29 is 4.39 Å². The minimum Gasteiger partial charge on any atom is -0.368 e. The Labute approximate surface area is 174 Å². The van der Waals surface area contributed by atoms with Gasteiger partial charge in [0.2, 0.25) is 5.95 Å². The van der Waals surface area contributed by atoms with Crippen molar-refractivity contribution in [1.82, 2.24) is 15.0 Å². The number of nitrogens with zero attached hydrogens (tertiary/aromatic N) is 5. The minimum absolute atomic E-state index is 0.0140. The van der Waals surface area contributed by atoms with Gasteiger partial charge in [-0.05, 0) is 30.3 Å². The fraction of sp³-hybridized carbons (Fsp3) is 0.227. The van der Waals surface area contributed by atoms with Crippen LogP contribution in [0.25, 0.3) is 11.3 Å². The topological polar surface area (TPSA) is 115 Å². The number of nitrogen functional groups attached to an aromatic ring is 1. The number of hydrogen-bond donors (Lipinski definition) is 2. The van der Waals surface area contributed by atoms with Crippen LogP contribution < -0.4 is 11.6 Å². The first-order chi connectivity index (χ1) is 14.3. The van der Waals surface area contributed by atoms with E-state index in [1.807, 2.05) is 18.2 Å². The Kier molecular flexibility index (Phi) is 6.15. The van der Waals surface area contributed by atoms with Crippen molar-refractivity contribution in [2.75, 3.05) is 5.73 Å². The highest BCUT2D eigenvalue weighted by molar-refractivity contribution is 6.37. The van der Waals surface area contributed by atoms with E-state index in [1.54, 1.807) is 24.3 Å². The molecule has 30 heavy (non-hydrogen) atoms. The molecule has 0 radical (unpaired) electrons. The van der Waals surface area contributed by atoms with Crippen LogP contribution in [0.5, 0.6) is 0 Å². The number of aliphatic imine (C=N–C) groups is 1. The average Bonchev–Trinajstić information content (AvgIpc) is 2.70. The van der Waals surface area contributed by atoms with Crippen molar-refractivity contribution in [2.24, 2.45) is 15.9 Å². The molecule has 7 nitrogen and oxygen atoms in total. The van der Waals surface area contributed by atoms with Crippen molar-refractivity contribution in [3.05, 3.63) is 71.4 Å². The van der Waals surface area contributed by atoms with Crippen molar-refractivity contribution >= 4 is 17.9 Å². The van der Waals surface area contributed by atoms with Crippen LogP contribution in [0.1, 0.15) is 37.9 Å². The number of benzene rings is 1. The molecule has 0 spiro atoms. The third-order valence-corrected chi connectivity index (χ3v) is 4.34. The lowest BCUT2D eigenvalue weighted by molar-refractivity contribution is 0.565. The first-order valence-electron chi connectivity index (χ1n) is 9.42. The first-order valence-corrected chi connectivity index (χ1v) is 9.42. The number of pyridine rings is 1. The maximum absolute atomic E-state index is 14.1. The molecule has 3 rings (SSSR count). The Hall–Kier alpha value is -3.68. The lowest BCUT2D eigenvalue weighted by atomic mass is 9.91. The lowest BCUT2D eigenvalue weighted by Crippen LogP contribution is -2.14. The fourth-order valence-electron chi connectivity index (χ4n) is 2.78. The number of hydrogen-bond acceptors (Lipinski definition) is 7. The molecule has 0 saturated heterocycles. The number of rotatable bonds is 5. The van der Waals surface area contributed by atoms with Gasteiger partial charge in [0.15, 0.2) is 0 Å². The molecular formula is C22H24FN7. The number of anilines is 1. The van der Waals surface area contributed by atoms with Crippen LogP contribution in [-0.2, 0) is 12.0 Å². The van der Waals surface area contributed by atoms with Crippen LogP contribution in [0.2, 0.25) is 0 Å². The van der Waals surface area contributed by atoms with Crippen LogP contribution in [0.15, 0.2) is 58.6 Å². The summed E-state index contributed by atoms with van der Waals surface area (Å²) in [6, 6.07) is 13.7. The van der Waals surface area contributed by atoms with Crippen LogP contribution in [0.4, 0.5) is 10.3 Å². The smallest absolute Gasteiger partial charge is 0.221 e. The molecule has 0 saturated carbocycles. The summed E-state index contributed by atoms with van der Waals surface area (Å²) < 4.78 is 14.1. The Morgan fingerprint density at radius 2 is 1.83 bits per heavy atom. The number of nitrogens with two attached hydrogens (primary N) is 2. The van der Waals surface area contributed by atoms with Crippen LogP contribution in [-0.4, -0.2) is 26.9 Å². The Balaban J connectivity index is 1.84. The van der Waals surface area contributed by atoms with Gasteiger partial charge >= 0.3 is 0 Å². The number of hydrazone groups is 1. The van der Waals surface area contributed by atoms with Gasteiger partial charge in [-0.3, -0.25) is 9.98 Å². The molecule has 1 aromatic carbocycles. The van der Waals surface area contributed by atoms with Crippen LogP contribution in [0.3, 0.4) is 0 Å². The molecule has 4 N–H and O–H groups in total. The zero-order chi connectivity index (χ0) is 21.7. The summed E-state index contributed by atoms with van der Waals surface area (Å²) in [6.07, 6.45) is 1.50. The molecule has 0 amide bonds. The summed E-state index contributed by atoms with van der Waals surface area (Å²) in [5.41, 5.74) is 8.88. The van der Waals surface area contributed by atoms with E-state index in [-0.39, 0.29) is 11.4 Å². The van der Waals surface area contributed by atoms with Gasteiger partial charge < -0.3 is 11.6 Å². The van der Waals surface area contributed by atoms with Gasteiger partial charge in [-0.1, -0.05) is 39.0 Å². The molecule has 0 aliphatic rings. The van der Waals surface area contributed by atoms with E-state index in [1.165, 1.54) is 12.3 Å². The van der Waals surface area contributed by atoms with Crippen molar-refractivity contribution in [2.45, 2.75) is 32.7 Å². The quantitative estimate of drug-likeness (QED) is 0.383. The second-order valence-electron chi connectivity index (χ2n) is 7.72. The number of aromatic nitrogens is 3. The van der Waals surface area contributed by atoms with E-state index >= 15 is 0 Å². The van der Waals surface area contributed by atoms with E-state index in [0.717, 1.165) is 11.4 Å². The Morgan fingerprint density at radius 3 is 2.53 bits per heavy atom. The summed E-state index contributed by atoms with van der Waals surface area (Å²) >= 11 is 0. The average molecular weight is 405 g/mol. The maximum atomic E-state index is 14.1. The Morgan fingerprint density at radius 1 is 1.07 bits per heavy atom. The summed E-state index contributed by atoms with van der Waals surface area (Å²) in [5.74, 6) is 5.12. The molecule has 2 aromatic heterocycles. The van der Waals surface area contributed by atoms with Crippen molar-refractivity contribution in [1.29, 1.82) is 0 Å². The van der Waals surface area contributed by atoms with E-state index in [9.17, 15) is 4.39 Å². The molecule has 154 valence electrons. The Bertz CT molecular complexity index is 1100. The minimum atomic E-state index is -0.411. The molecule has 3 aromatic rings. The predicted molar refractivity (Wildman–Crippen MR) is 118 cm³/mol. The summed E-state index contributed by atoms with van der Waals surface area (Å²) in [7, 11) is 0. The molecule has 0 aliphatic heterocycles. The largest absolute Gasteiger partial charge is 0.368 e. The zero-order valence-electron chi connectivity index (χ0n) is 17.2. The standard InChI is InChI=1S/C22H24FN7/c1-22(2,3)20-10-6-7-14(27-20)12-26-13-19(30-25)18-11-17(28-21(24)29-18)15-8-4-5-9-16(15)23/h4-11,13H,12,25H2,1-3H3,(H2,24,28,29). The summed E-state index contributed by atoms with van der Waals surface area (Å²) in [6.45, 7) is 6.67. The summed E-state index contributed by atoms with van der Waals surface area (Å²) in [5, 5.41) is 3.75. The predicted octanol–water partition coefficient (Wildman–Crippen LogP) is 3.49. The third kappa shape index (κ3) is 5.02. The molecule has 0 unspecified atom stereocenters. The van der Waals surface area contributed by atoms with Crippen molar-refractivity contribution in [3.8, 4) is 11.3 Å². The SMILES string of the molecule is CC(C)(C)c1cccc(CN=CC(=NN)c2cc(-c3ccccc3F)nc(N)n2)n1. The molecule has 0 aliphatic carbocycles. The van der Waals surface area contributed by atoms with Crippen LogP contribution >= 0.6 is 0 Å². The molecule has 8 heteroatoms. The van der Waals surface area contributed by atoms with Crippen LogP contribution in [0, 0.1) is 5.82 Å². The maximum Gasteiger partial charge on any atom is 0.221 e. The fourth-order valence-corrected chi connectivity index (χ4v) is 2.78. The zero-order valence-corrected chi connectivity index (χ0v) is 17.2. The highest BCUT2D eigenvalue weighted by Crippen LogP contribution is 2.22. The molecule has 0 bridgehead atoms. The van der Waals surface area contributed by atoms with Gasteiger partial charge in [0.1, 0.15) is 11.5 Å². The van der Waals surface area contributed by atoms with Gasteiger partial charge in [-0.25, -0.2) is 14.4 Å². The van der Waals surface area contributed by atoms with Gasteiger partial charge in [0.05, 0.1) is 29.8 Å². The highest BCUT2D eigenvalue weighted by atomic mass is 19.1. The van der Waals surface area contributed by atoms with Gasteiger partial charge in [0.25, 0.3) is 0 Å².